The third-order valence-electron chi connectivity index (χ3n) is 3.62. The summed E-state index contributed by atoms with van der Waals surface area (Å²) in [6, 6.07) is 3.85. The smallest absolute Gasteiger partial charge is 0.341 e. The minimum absolute atomic E-state index is 0.322. The molecule has 1 aliphatic rings. The summed E-state index contributed by atoms with van der Waals surface area (Å²) in [4.78, 5) is 18.6. The highest BCUT2D eigenvalue weighted by Gasteiger charge is 2.21. The third-order valence-corrected chi connectivity index (χ3v) is 3.62. The zero-order valence-corrected chi connectivity index (χ0v) is 12.5. The number of nitrogens with zero attached hydrogens (tertiary/aromatic N) is 2. The fourth-order valence-electron chi connectivity index (χ4n) is 2.53. The van der Waals surface area contributed by atoms with Gasteiger partial charge in [-0.2, -0.15) is 0 Å². The standard InChI is InChI=1S/C16H23N3O2/c1-3-10-19-11-7-13(8-12-19)18-15-14(6-5-9-17-15)16(20)21-4-2/h3,5-6,9,13H,1,4,7-8,10-12H2,2H3,(H,17,18). The summed E-state index contributed by atoms with van der Waals surface area (Å²) in [6.07, 6.45) is 5.70. The van der Waals surface area contributed by atoms with E-state index in [4.69, 9.17) is 4.74 Å². The number of ether oxygens (including phenoxy) is 1. The Balaban J connectivity index is 1.97. The molecule has 0 aromatic carbocycles. The van der Waals surface area contributed by atoms with E-state index in [1.54, 1.807) is 25.3 Å². The molecule has 1 aliphatic heterocycles. The number of pyridine rings is 1. The first kappa shape index (κ1) is 15.5. The Bertz CT molecular complexity index is 482. The van der Waals surface area contributed by atoms with Gasteiger partial charge in [-0.15, -0.1) is 6.58 Å². The van der Waals surface area contributed by atoms with Gasteiger partial charge in [0.15, 0.2) is 0 Å². The van der Waals surface area contributed by atoms with Crippen LogP contribution < -0.4 is 5.32 Å². The van der Waals surface area contributed by atoms with Crippen LogP contribution >= 0.6 is 0 Å². The molecule has 1 aromatic rings. The number of esters is 1. The number of rotatable bonds is 6. The topological polar surface area (TPSA) is 54.5 Å². The van der Waals surface area contributed by atoms with Crippen LogP contribution in [-0.2, 0) is 4.74 Å². The van der Waals surface area contributed by atoms with Crippen LogP contribution in [0.25, 0.3) is 0 Å². The number of carbonyl (C=O) groups is 1. The lowest BCUT2D eigenvalue weighted by atomic mass is 10.0. The van der Waals surface area contributed by atoms with Gasteiger partial charge in [-0.25, -0.2) is 9.78 Å². The Morgan fingerprint density at radius 3 is 3.00 bits per heavy atom. The average molecular weight is 289 g/mol. The Hall–Kier alpha value is -1.88. The van der Waals surface area contributed by atoms with Gasteiger partial charge in [0, 0.05) is 31.9 Å². The van der Waals surface area contributed by atoms with Gasteiger partial charge >= 0.3 is 5.97 Å². The molecule has 5 heteroatoms. The van der Waals surface area contributed by atoms with Gasteiger partial charge in [0.1, 0.15) is 11.4 Å². The van der Waals surface area contributed by atoms with Crippen LogP contribution in [0, 0.1) is 0 Å². The third kappa shape index (κ3) is 4.29. The second-order valence-electron chi connectivity index (χ2n) is 5.13. The lowest BCUT2D eigenvalue weighted by Crippen LogP contribution is -2.39. The molecule has 114 valence electrons. The van der Waals surface area contributed by atoms with E-state index >= 15 is 0 Å². The molecule has 1 fully saturated rings. The number of anilines is 1. The van der Waals surface area contributed by atoms with E-state index in [-0.39, 0.29) is 5.97 Å². The number of piperidine rings is 1. The summed E-state index contributed by atoms with van der Waals surface area (Å²) in [5.74, 6) is 0.301. The lowest BCUT2D eigenvalue weighted by Gasteiger charge is -2.32. The normalized spacial score (nSPS) is 16.4. The quantitative estimate of drug-likeness (QED) is 0.643. The summed E-state index contributed by atoms with van der Waals surface area (Å²) < 4.78 is 5.07. The molecule has 1 aromatic heterocycles. The molecule has 0 bridgehead atoms. The maximum Gasteiger partial charge on any atom is 0.341 e. The number of hydrogen-bond donors (Lipinski definition) is 1. The van der Waals surface area contributed by atoms with Crippen molar-refractivity contribution >= 4 is 11.8 Å². The molecular weight excluding hydrogens is 266 g/mol. The average Bonchev–Trinajstić information content (AvgIpc) is 2.50. The molecule has 1 N–H and O–H groups in total. The first-order valence-electron chi connectivity index (χ1n) is 7.46. The first-order valence-corrected chi connectivity index (χ1v) is 7.46. The van der Waals surface area contributed by atoms with E-state index in [0.29, 0.717) is 24.0 Å². The van der Waals surface area contributed by atoms with Crippen molar-refractivity contribution in [2.45, 2.75) is 25.8 Å². The van der Waals surface area contributed by atoms with Crippen molar-refractivity contribution in [2.24, 2.45) is 0 Å². The minimum atomic E-state index is -0.322. The van der Waals surface area contributed by atoms with Crippen LogP contribution in [0.2, 0.25) is 0 Å². The second-order valence-corrected chi connectivity index (χ2v) is 5.13. The molecule has 1 saturated heterocycles. The molecule has 5 nitrogen and oxygen atoms in total. The number of likely N-dealkylation sites (tertiary alicyclic amines) is 1. The van der Waals surface area contributed by atoms with Gasteiger partial charge in [-0.1, -0.05) is 6.08 Å². The summed E-state index contributed by atoms with van der Waals surface area (Å²) in [5.41, 5.74) is 0.507. The van der Waals surface area contributed by atoms with Crippen LogP contribution in [0.3, 0.4) is 0 Å². The van der Waals surface area contributed by atoms with E-state index in [1.165, 1.54) is 0 Å². The highest BCUT2D eigenvalue weighted by atomic mass is 16.5. The van der Waals surface area contributed by atoms with Crippen molar-refractivity contribution in [3.05, 3.63) is 36.5 Å². The van der Waals surface area contributed by atoms with Crippen molar-refractivity contribution in [3.8, 4) is 0 Å². The van der Waals surface area contributed by atoms with Crippen LogP contribution in [0.15, 0.2) is 31.0 Å². The van der Waals surface area contributed by atoms with Gasteiger partial charge in [0.05, 0.1) is 6.61 Å². The highest BCUT2D eigenvalue weighted by Crippen LogP contribution is 2.19. The molecule has 0 amide bonds. The van der Waals surface area contributed by atoms with Crippen LogP contribution in [-0.4, -0.2) is 48.1 Å². The predicted molar refractivity (Wildman–Crippen MR) is 83.5 cm³/mol. The van der Waals surface area contributed by atoms with Crippen molar-refractivity contribution in [1.82, 2.24) is 9.88 Å². The predicted octanol–water partition coefficient (Wildman–Crippen LogP) is 2.32. The van der Waals surface area contributed by atoms with E-state index < -0.39 is 0 Å². The van der Waals surface area contributed by atoms with E-state index in [1.807, 2.05) is 6.08 Å². The first-order chi connectivity index (χ1) is 10.2. The molecule has 2 heterocycles. The summed E-state index contributed by atoms with van der Waals surface area (Å²) in [5, 5.41) is 3.39. The number of aromatic nitrogens is 1. The minimum Gasteiger partial charge on any atom is -0.462 e. The van der Waals surface area contributed by atoms with Gasteiger partial charge in [0.25, 0.3) is 0 Å². The molecule has 0 spiro atoms. The molecule has 0 unspecified atom stereocenters. The molecule has 21 heavy (non-hydrogen) atoms. The van der Waals surface area contributed by atoms with Gasteiger partial charge in [0.2, 0.25) is 0 Å². The Morgan fingerprint density at radius 2 is 2.33 bits per heavy atom. The van der Waals surface area contributed by atoms with E-state index in [2.05, 4.69) is 21.8 Å². The van der Waals surface area contributed by atoms with Crippen molar-refractivity contribution in [1.29, 1.82) is 0 Å². The summed E-state index contributed by atoms with van der Waals surface area (Å²) >= 11 is 0. The Labute approximate surface area is 126 Å². The molecule has 2 rings (SSSR count). The van der Waals surface area contributed by atoms with E-state index in [0.717, 1.165) is 32.5 Å². The molecule has 0 saturated carbocycles. The Morgan fingerprint density at radius 1 is 1.57 bits per heavy atom. The largest absolute Gasteiger partial charge is 0.462 e. The van der Waals surface area contributed by atoms with E-state index in [9.17, 15) is 4.79 Å². The van der Waals surface area contributed by atoms with Crippen LogP contribution in [0.4, 0.5) is 5.82 Å². The maximum absolute atomic E-state index is 11.9. The van der Waals surface area contributed by atoms with Crippen molar-refractivity contribution < 1.29 is 9.53 Å². The summed E-state index contributed by atoms with van der Waals surface area (Å²) in [7, 11) is 0. The second kappa shape index (κ2) is 7.78. The maximum atomic E-state index is 11.9. The SMILES string of the molecule is C=CCN1CCC(Nc2ncccc2C(=O)OCC)CC1. The molecule has 0 atom stereocenters. The van der Waals surface area contributed by atoms with Crippen molar-refractivity contribution in [3.63, 3.8) is 0 Å². The lowest BCUT2D eigenvalue weighted by molar-refractivity contribution is 0.0527. The number of carbonyl (C=O) groups excluding carboxylic acids is 1. The number of nitrogens with one attached hydrogen (secondary N) is 1. The highest BCUT2D eigenvalue weighted by molar-refractivity contribution is 5.94. The molecule has 0 radical (unpaired) electrons. The fraction of sp³-hybridized carbons (Fsp3) is 0.500. The monoisotopic (exact) mass is 289 g/mol. The Kier molecular flexibility index (Phi) is 5.75. The van der Waals surface area contributed by atoms with Gasteiger partial charge in [-0.3, -0.25) is 4.90 Å². The summed E-state index contributed by atoms with van der Waals surface area (Å²) in [6.45, 7) is 8.94. The van der Waals surface area contributed by atoms with Crippen LogP contribution in [0.1, 0.15) is 30.1 Å². The van der Waals surface area contributed by atoms with Gasteiger partial charge in [-0.05, 0) is 31.9 Å². The zero-order valence-electron chi connectivity index (χ0n) is 12.5. The molecule has 0 aliphatic carbocycles. The number of hydrogen-bond acceptors (Lipinski definition) is 5. The van der Waals surface area contributed by atoms with Gasteiger partial charge < -0.3 is 10.1 Å². The van der Waals surface area contributed by atoms with Crippen molar-refractivity contribution in [2.75, 3.05) is 31.6 Å². The fourth-order valence-corrected chi connectivity index (χ4v) is 2.53. The zero-order chi connectivity index (χ0) is 15.1. The van der Waals surface area contributed by atoms with Crippen LogP contribution in [0.5, 0.6) is 0 Å². The molecular formula is C16H23N3O2.